The number of fused-ring (bicyclic) bond motifs is 2. The number of hydrogen-bond donors (Lipinski definition) is 5. The Balaban J connectivity index is 0.942. The summed E-state index contributed by atoms with van der Waals surface area (Å²) < 4.78 is 48.0. The van der Waals surface area contributed by atoms with Gasteiger partial charge in [0.25, 0.3) is 5.91 Å². The van der Waals surface area contributed by atoms with Crippen LogP contribution in [0.25, 0.3) is 6.08 Å². The summed E-state index contributed by atoms with van der Waals surface area (Å²) in [5, 5.41) is 8.06. The molecule has 0 bridgehead atoms. The summed E-state index contributed by atoms with van der Waals surface area (Å²) in [7, 11) is -5.86. The van der Waals surface area contributed by atoms with Crippen LogP contribution < -0.4 is 20.9 Å². The first-order valence-corrected chi connectivity index (χ1v) is 27.5. The SMILES string of the molecule is CC(C)(C)C(NC(=O)C1=Cc2cc(C(F)(F)P(=O)(O)O)ccc2C1)C(=O)N1C[C@H](OCc2ccccc2)C[C@H]1C(=O)N(CCC(=O)NCCCC#Cc1cccc2c1CN(C1CCC(=O)NC1=O)C2=O)c1ccc(Br)cc1. The van der Waals surface area contributed by atoms with Crippen LogP contribution in [-0.4, -0.2) is 105 Å². The predicted molar refractivity (Wildman–Crippen MR) is 283 cm³/mol. The Bertz CT molecular complexity index is 3130. The van der Waals surface area contributed by atoms with Gasteiger partial charge < -0.3 is 39.9 Å². The number of halogens is 3. The molecule has 7 amide bonds. The van der Waals surface area contributed by atoms with Crippen molar-refractivity contribution in [3.63, 3.8) is 0 Å². The molecule has 4 aliphatic rings. The molecular weight excluding hydrogens is 1080 g/mol. The molecule has 0 radical (unpaired) electrons. The van der Waals surface area contributed by atoms with Crippen molar-refractivity contribution >= 4 is 76.6 Å². The normalized spacial score (nSPS) is 18.6. The van der Waals surface area contributed by atoms with Gasteiger partial charge in [-0.1, -0.05) is 97.1 Å². The van der Waals surface area contributed by atoms with Crippen LogP contribution in [0, 0.1) is 17.3 Å². The molecule has 0 aromatic heterocycles. The summed E-state index contributed by atoms with van der Waals surface area (Å²) in [6.45, 7) is 5.81. The van der Waals surface area contributed by atoms with Crippen LogP contribution in [0.4, 0.5) is 14.5 Å². The number of carbonyl (C=O) groups is 7. The number of ether oxygens (including phenoxy) is 1. The van der Waals surface area contributed by atoms with Crippen LogP contribution in [0.1, 0.15) is 103 Å². The molecule has 1 aliphatic carbocycles. The fourth-order valence-corrected chi connectivity index (χ4v) is 10.5. The average Bonchev–Trinajstić information content (AvgIpc) is 4.12. The van der Waals surface area contributed by atoms with Gasteiger partial charge in [-0.05, 0) is 89.1 Å². The molecule has 4 aromatic carbocycles. The standard InChI is InChI=1S/C56H58BrF2N6O11P/c1-55(2,3)49(62-50(68)38-27-36-16-17-39(29-37(36)28-38)56(58,59)77(73,74)75)54(72)64-31-42(76-33-34-11-6-4-7-12-34)30-46(64)53(71)63(41-20-18-40(57)19-21-41)26-24-47(66)60-25-9-5-8-13-35-14-10-15-43-44(35)32-65(52(43)70)45-22-23-48(67)61-51(45)69/h4,6-7,10-12,14-21,28-29,42,45-46,49H,5,9,22-27,30-33H2,1-3H3,(H,60,66)(H,62,68)(H,61,67,69)(H2,73,74,75)/t42-,45?,46+,49?/m1/s1. The molecule has 404 valence electrons. The van der Waals surface area contributed by atoms with Gasteiger partial charge in [0, 0.05) is 90.7 Å². The molecule has 4 aromatic rings. The Kier molecular flexibility index (Phi) is 17.1. The lowest BCUT2D eigenvalue weighted by atomic mass is 9.85. The number of anilines is 1. The maximum absolute atomic E-state index is 15.1. The molecule has 2 unspecified atom stereocenters. The zero-order chi connectivity index (χ0) is 55.4. The van der Waals surface area contributed by atoms with Gasteiger partial charge in [-0.2, -0.15) is 8.78 Å². The van der Waals surface area contributed by atoms with Crippen LogP contribution in [0.5, 0.6) is 0 Å². The minimum Gasteiger partial charge on any atom is -0.372 e. The van der Waals surface area contributed by atoms with E-state index in [0.717, 1.165) is 22.2 Å². The quantitative estimate of drug-likeness (QED) is 0.0333. The average molecular weight is 1140 g/mol. The van der Waals surface area contributed by atoms with Crippen molar-refractivity contribution in [3.05, 3.63) is 140 Å². The fourth-order valence-electron chi connectivity index (χ4n) is 9.79. The summed E-state index contributed by atoms with van der Waals surface area (Å²) in [6, 6.07) is 21.6. The van der Waals surface area contributed by atoms with Gasteiger partial charge in [-0.25, -0.2) is 0 Å². The Labute approximate surface area is 452 Å². The monoisotopic (exact) mass is 1140 g/mol. The Morgan fingerprint density at radius 3 is 2.43 bits per heavy atom. The van der Waals surface area contributed by atoms with Crippen molar-refractivity contribution in [2.75, 3.05) is 24.5 Å². The van der Waals surface area contributed by atoms with Crippen molar-refractivity contribution in [1.82, 2.24) is 25.8 Å². The molecule has 77 heavy (non-hydrogen) atoms. The van der Waals surface area contributed by atoms with E-state index in [4.69, 9.17) is 4.74 Å². The highest BCUT2D eigenvalue weighted by atomic mass is 79.9. The van der Waals surface area contributed by atoms with Crippen molar-refractivity contribution in [1.29, 1.82) is 0 Å². The summed E-state index contributed by atoms with van der Waals surface area (Å²) in [4.78, 5) is 118. The third-order valence-electron chi connectivity index (χ3n) is 14.0. The van der Waals surface area contributed by atoms with E-state index in [2.05, 4.69) is 43.7 Å². The second-order valence-corrected chi connectivity index (χ2v) is 23.0. The maximum Gasteiger partial charge on any atom is 0.399 e. The van der Waals surface area contributed by atoms with E-state index >= 15 is 9.59 Å². The molecule has 3 heterocycles. The maximum atomic E-state index is 15.1. The summed E-state index contributed by atoms with van der Waals surface area (Å²) >= 11 is 3.45. The molecule has 17 nitrogen and oxygen atoms in total. The minimum absolute atomic E-state index is 0.00607. The second-order valence-electron chi connectivity index (χ2n) is 20.5. The van der Waals surface area contributed by atoms with E-state index in [1.165, 1.54) is 26.8 Å². The van der Waals surface area contributed by atoms with Gasteiger partial charge in [-0.15, -0.1) is 0 Å². The highest BCUT2D eigenvalue weighted by molar-refractivity contribution is 9.10. The number of likely N-dealkylation sites (tertiary alicyclic amines) is 1. The van der Waals surface area contributed by atoms with Gasteiger partial charge in [-0.3, -0.25) is 43.4 Å². The molecule has 0 saturated carbocycles. The zero-order valence-electron chi connectivity index (χ0n) is 42.5. The van der Waals surface area contributed by atoms with Gasteiger partial charge in [0.15, 0.2) is 0 Å². The third kappa shape index (κ3) is 12.9. The third-order valence-corrected chi connectivity index (χ3v) is 15.5. The number of amides is 7. The Morgan fingerprint density at radius 1 is 0.987 bits per heavy atom. The van der Waals surface area contributed by atoms with E-state index in [9.17, 15) is 47.1 Å². The highest BCUT2D eigenvalue weighted by Crippen LogP contribution is 2.59. The van der Waals surface area contributed by atoms with E-state index in [1.807, 2.05) is 30.3 Å². The highest BCUT2D eigenvalue weighted by Gasteiger charge is 2.51. The summed E-state index contributed by atoms with van der Waals surface area (Å²) in [5.41, 5.74) is -2.40. The van der Waals surface area contributed by atoms with Crippen molar-refractivity contribution in [3.8, 4) is 11.8 Å². The predicted octanol–water partition coefficient (Wildman–Crippen LogP) is 6.47. The molecule has 2 fully saturated rings. The molecule has 2 saturated heterocycles. The first kappa shape index (κ1) is 56.3. The number of piperidine rings is 1. The number of imide groups is 1. The lowest BCUT2D eigenvalue weighted by Gasteiger charge is -2.36. The van der Waals surface area contributed by atoms with Crippen LogP contribution in [0.2, 0.25) is 0 Å². The van der Waals surface area contributed by atoms with Gasteiger partial charge in [0.1, 0.15) is 18.1 Å². The number of nitrogens with one attached hydrogen (secondary N) is 3. The van der Waals surface area contributed by atoms with E-state index < -0.39 is 72.1 Å². The summed E-state index contributed by atoms with van der Waals surface area (Å²) in [5.74, 6) is 3.01. The minimum atomic E-state index is -5.86. The first-order chi connectivity index (χ1) is 36.5. The topological polar surface area (TPSA) is 232 Å². The van der Waals surface area contributed by atoms with Crippen LogP contribution in [0.15, 0.2) is 101 Å². The van der Waals surface area contributed by atoms with Crippen LogP contribution in [0.3, 0.4) is 0 Å². The van der Waals surface area contributed by atoms with Crippen molar-refractivity contribution in [2.24, 2.45) is 5.41 Å². The molecule has 21 heteroatoms. The zero-order valence-corrected chi connectivity index (χ0v) is 45.0. The Hall–Kier alpha value is -6.88. The number of benzene rings is 4. The van der Waals surface area contributed by atoms with Gasteiger partial charge in [0.2, 0.25) is 35.4 Å². The van der Waals surface area contributed by atoms with Gasteiger partial charge in [0.05, 0.1) is 12.7 Å². The van der Waals surface area contributed by atoms with Crippen LogP contribution >= 0.6 is 23.5 Å². The number of rotatable bonds is 17. The molecule has 0 spiro atoms. The molecule has 8 rings (SSSR count). The summed E-state index contributed by atoms with van der Waals surface area (Å²) in [6.07, 6.45) is 1.99. The molecule has 5 N–H and O–H groups in total. The number of hydrogen-bond acceptors (Lipinski definition) is 9. The van der Waals surface area contributed by atoms with Gasteiger partial charge >= 0.3 is 13.3 Å². The molecule has 4 atom stereocenters. The first-order valence-electron chi connectivity index (χ1n) is 25.1. The van der Waals surface area contributed by atoms with Crippen molar-refractivity contribution < 1.29 is 61.4 Å². The van der Waals surface area contributed by atoms with E-state index in [1.54, 1.807) is 63.2 Å². The van der Waals surface area contributed by atoms with E-state index in [0.29, 0.717) is 40.8 Å². The lowest BCUT2D eigenvalue weighted by Crippen LogP contribution is -2.58. The number of unbranched alkanes of at least 4 members (excludes halogenated alkanes) is 1. The van der Waals surface area contributed by atoms with Crippen molar-refractivity contribution in [2.45, 2.75) is 109 Å². The molecule has 3 aliphatic heterocycles. The van der Waals surface area contributed by atoms with Crippen LogP contribution in [-0.2, 0) is 63.3 Å². The number of carbonyl (C=O) groups excluding carboxylic acids is 7. The van der Waals surface area contributed by atoms with E-state index in [-0.39, 0.29) is 93.7 Å². The fraction of sp³-hybridized carbons (Fsp3) is 0.375. The number of alkyl halides is 2. The second kappa shape index (κ2) is 23.4. The smallest absolute Gasteiger partial charge is 0.372 e. The number of nitrogens with zero attached hydrogens (tertiary/aromatic N) is 3. The lowest BCUT2D eigenvalue weighted by molar-refractivity contribution is -0.143. The Morgan fingerprint density at radius 2 is 1.73 bits per heavy atom. The largest absolute Gasteiger partial charge is 0.399 e. The molecular formula is C56H58BrF2N6O11P.